The molecule has 0 saturated carbocycles. The number of carbonyl (C=O) groups is 2. The second-order valence-electron chi connectivity index (χ2n) is 7.93. The van der Waals surface area contributed by atoms with Crippen LogP contribution in [0.5, 0.6) is 0 Å². The van der Waals surface area contributed by atoms with Crippen LogP contribution in [-0.2, 0) is 9.53 Å². The van der Waals surface area contributed by atoms with Crippen molar-refractivity contribution < 1.29 is 23.1 Å². The molecule has 3 aromatic rings. The molecule has 0 aliphatic carbocycles. The van der Waals surface area contributed by atoms with E-state index >= 15 is 0 Å². The molecule has 7 nitrogen and oxygen atoms in total. The van der Waals surface area contributed by atoms with Crippen molar-refractivity contribution in [3.8, 4) is 0 Å². The molecule has 2 N–H and O–H groups in total. The van der Waals surface area contributed by atoms with Gasteiger partial charge in [-0.05, 0) is 44.2 Å². The van der Waals surface area contributed by atoms with Gasteiger partial charge in [0.2, 0.25) is 5.91 Å². The Kier molecular flexibility index (Phi) is 6.60. The second kappa shape index (κ2) is 9.58. The van der Waals surface area contributed by atoms with Crippen molar-refractivity contribution in [3.05, 3.63) is 59.8 Å². The fraction of sp³-hybridized carbons (Fsp3) is 0.333. The number of H-pyrrole nitrogens is 1. The van der Waals surface area contributed by atoms with Gasteiger partial charge in [0.1, 0.15) is 17.3 Å². The number of benzene rings is 2. The minimum atomic E-state index is -0.629. The highest BCUT2D eigenvalue weighted by molar-refractivity contribution is 6.11. The lowest BCUT2D eigenvalue weighted by Gasteiger charge is -2.38. The van der Waals surface area contributed by atoms with Gasteiger partial charge in [-0.2, -0.15) is 0 Å². The number of piperazine rings is 1. The number of hydrogen-bond donors (Lipinski definition) is 2. The fourth-order valence-corrected chi connectivity index (χ4v) is 4.10. The molecule has 0 radical (unpaired) electrons. The van der Waals surface area contributed by atoms with Gasteiger partial charge in [-0.3, -0.25) is 9.69 Å². The fourth-order valence-electron chi connectivity index (χ4n) is 4.10. The predicted octanol–water partition coefficient (Wildman–Crippen LogP) is 3.77. The molecular weight excluding hydrogens is 430 g/mol. The van der Waals surface area contributed by atoms with Crippen LogP contribution in [0.1, 0.15) is 24.3 Å². The summed E-state index contributed by atoms with van der Waals surface area (Å²) < 4.78 is 33.1. The molecule has 0 spiro atoms. The summed E-state index contributed by atoms with van der Waals surface area (Å²) in [6, 6.07) is 10.2. The molecule has 0 bridgehead atoms. The average molecular weight is 456 g/mol. The topological polar surface area (TPSA) is 77.7 Å². The number of anilines is 2. The third kappa shape index (κ3) is 4.68. The van der Waals surface area contributed by atoms with Crippen molar-refractivity contribution in [2.45, 2.75) is 19.9 Å². The number of carbonyl (C=O) groups excluding carboxylic acids is 2. The molecule has 1 aliphatic rings. The molecule has 1 aromatic heterocycles. The lowest BCUT2D eigenvalue weighted by atomic mass is 10.1. The van der Waals surface area contributed by atoms with E-state index in [0.29, 0.717) is 42.8 Å². The number of aromatic nitrogens is 1. The third-order valence-electron chi connectivity index (χ3n) is 5.92. The van der Waals surface area contributed by atoms with E-state index in [9.17, 15) is 18.4 Å². The number of rotatable bonds is 6. The Morgan fingerprint density at radius 2 is 1.85 bits per heavy atom. The van der Waals surface area contributed by atoms with Crippen LogP contribution in [0.25, 0.3) is 10.9 Å². The Balaban J connectivity index is 1.49. The number of nitrogens with one attached hydrogen (secondary N) is 2. The van der Waals surface area contributed by atoms with E-state index in [4.69, 9.17) is 4.74 Å². The van der Waals surface area contributed by atoms with E-state index in [-0.39, 0.29) is 29.7 Å². The Hall–Kier alpha value is -3.46. The third-order valence-corrected chi connectivity index (χ3v) is 5.92. The molecule has 1 fully saturated rings. The largest absolute Gasteiger partial charge is 0.461 e. The zero-order chi connectivity index (χ0) is 23.5. The summed E-state index contributed by atoms with van der Waals surface area (Å²) in [5, 5.41) is 3.19. The maximum atomic E-state index is 14.1. The van der Waals surface area contributed by atoms with E-state index < -0.39 is 17.8 Å². The van der Waals surface area contributed by atoms with Crippen molar-refractivity contribution in [3.63, 3.8) is 0 Å². The van der Waals surface area contributed by atoms with E-state index in [1.165, 1.54) is 24.3 Å². The van der Waals surface area contributed by atoms with E-state index in [1.807, 2.05) is 9.80 Å². The van der Waals surface area contributed by atoms with Crippen molar-refractivity contribution >= 4 is 34.2 Å². The van der Waals surface area contributed by atoms with Crippen LogP contribution in [0.15, 0.2) is 42.5 Å². The number of aromatic amines is 1. The van der Waals surface area contributed by atoms with Crippen molar-refractivity contribution in [2.24, 2.45) is 0 Å². The van der Waals surface area contributed by atoms with Gasteiger partial charge < -0.3 is 19.9 Å². The van der Waals surface area contributed by atoms with Crippen molar-refractivity contribution in [2.75, 3.05) is 43.0 Å². The molecule has 2 heterocycles. The van der Waals surface area contributed by atoms with Gasteiger partial charge in [0.05, 0.1) is 24.0 Å². The van der Waals surface area contributed by atoms with Crippen LogP contribution < -0.4 is 10.2 Å². The number of halogens is 2. The Bertz CT molecular complexity index is 1170. The first-order valence-corrected chi connectivity index (χ1v) is 10.9. The molecule has 2 aromatic carbocycles. The molecule has 9 heteroatoms. The number of para-hydroxylation sites is 1. The van der Waals surface area contributed by atoms with Crippen LogP contribution in [0.2, 0.25) is 0 Å². The predicted molar refractivity (Wildman–Crippen MR) is 122 cm³/mol. The Morgan fingerprint density at radius 3 is 2.55 bits per heavy atom. The van der Waals surface area contributed by atoms with Crippen LogP contribution in [-0.4, -0.2) is 60.6 Å². The molecule has 1 unspecified atom stereocenters. The zero-order valence-electron chi connectivity index (χ0n) is 18.5. The van der Waals surface area contributed by atoms with Gasteiger partial charge in [0, 0.05) is 37.1 Å². The minimum absolute atomic E-state index is 0.0716. The lowest BCUT2D eigenvalue weighted by molar-refractivity contribution is -0.120. The van der Waals surface area contributed by atoms with E-state index in [0.717, 1.165) is 0 Å². The van der Waals surface area contributed by atoms with Crippen LogP contribution >= 0.6 is 0 Å². The molecular formula is C24H26F2N4O3. The highest BCUT2D eigenvalue weighted by Gasteiger charge is 2.29. The summed E-state index contributed by atoms with van der Waals surface area (Å²) in [4.78, 5) is 32.4. The summed E-state index contributed by atoms with van der Waals surface area (Å²) in [5.41, 5.74) is 1.34. The zero-order valence-corrected chi connectivity index (χ0v) is 18.5. The molecule has 33 heavy (non-hydrogen) atoms. The lowest BCUT2D eigenvalue weighted by Crippen LogP contribution is -2.53. The highest BCUT2D eigenvalue weighted by Crippen LogP contribution is 2.30. The monoisotopic (exact) mass is 456 g/mol. The molecule has 174 valence electrons. The summed E-state index contributed by atoms with van der Waals surface area (Å²) in [6.45, 7) is 5.90. The summed E-state index contributed by atoms with van der Waals surface area (Å²) in [5.74, 6) is -1.71. The second-order valence-corrected chi connectivity index (χ2v) is 7.93. The van der Waals surface area contributed by atoms with Gasteiger partial charge in [0.15, 0.2) is 0 Å². The van der Waals surface area contributed by atoms with Gasteiger partial charge >= 0.3 is 5.97 Å². The van der Waals surface area contributed by atoms with Gasteiger partial charge in [-0.15, -0.1) is 0 Å². The SMILES string of the molecule is CCOC(=O)c1[nH]c2ccc(F)cc2c1NC(=O)C(C)N1CCN(c2ccccc2F)CC1. The number of nitrogens with zero attached hydrogens (tertiary/aromatic N) is 2. The number of amides is 1. The maximum Gasteiger partial charge on any atom is 0.356 e. The highest BCUT2D eigenvalue weighted by atomic mass is 19.1. The first-order chi connectivity index (χ1) is 15.9. The summed E-state index contributed by atoms with van der Waals surface area (Å²) in [7, 11) is 0. The first-order valence-electron chi connectivity index (χ1n) is 10.9. The normalized spacial score (nSPS) is 15.5. The minimum Gasteiger partial charge on any atom is -0.461 e. The molecule has 1 saturated heterocycles. The number of esters is 1. The van der Waals surface area contributed by atoms with Gasteiger partial charge in [-0.1, -0.05) is 12.1 Å². The molecule has 1 atom stereocenters. The molecule has 1 amide bonds. The van der Waals surface area contributed by atoms with Crippen molar-refractivity contribution in [1.29, 1.82) is 0 Å². The van der Waals surface area contributed by atoms with Gasteiger partial charge in [-0.25, -0.2) is 13.6 Å². The number of fused-ring (bicyclic) bond motifs is 1. The standard InChI is InChI=1S/C24H26F2N4O3/c1-3-33-24(32)22-21(17-14-16(25)8-9-19(17)27-22)28-23(31)15(2)29-10-12-30(13-11-29)20-7-5-4-6-18(20)26/h4-9,14-15,27H,3,10-13H2,1-2H3,(H,28,31). The first kappa shape index (κ1) is 22.7. The molecule has 1 aliphatic heterocycles. The number of ether oxygens (including phenoxy) is 1. The van der Waals surface area contributed by atoms with Crippen LogP contribution in [0, 0.1) is 11.6 Å². The van der Waals surface area contributed by atoms with E-state index in [1.54, 1.807) is 32.0 Å². The molecule has 4 rings (SSSR count). The smallest absolute Gasteiger partial charge is 0.356 e. The average Bonchev–Trinajstić information content (AvgIpc) is 3.16. The van der Waals surface area contributed by atoms with Crippen LogP contribution in [0.3, 0.4) is 0 Å². The Morgan fingerprint density at radius 1 is 1.12 bits per heavy atom. The summed E-state index contributed by atoms with van der Waals surface area (Å²) >= 11 is 0. The van der Waals surface area contributed by atoms with E-state index in [2.05, 4.69) is 10.3 Å². The van der Waals surface area contributed by atoms with Crippen LogP contribution in [0.4, 0.5) is 20.2 Å². The maximum absolute atomic E-state index is 14.1. The van der Waals surface area contributed by atoms with Crippen molar-refractivity contribution in [1.82, 2.24) is 9.88 Å². The number of hydrogen-bond acceptors (Lipinski definition) is 5. The quantitative estimate of drug-likeness (QED) is 0.552. The summed E-state index contributed by atoms with van der Waals surface area (Å²) in [6.07, 6.45) is 0. The van der Waals surface area contributed by atoms with Gasteiger partial charge in [0.25, 0.3) is 0 Å². The Labute approximate surface area is 190 Å².